The summed E-state index contributed by atoms with van der Waals surface area (Å²) in [6.07, 6.45) is -6.38. The van der Waals surface area contributed by atoms with Crippen LogP contribution in [0.4, 0.5) is 17.6 Å². The first-order chi connectivity index (χ1) is 20.6. The fraction of sp³-hybridized carbons (Fsp3) is 0.357. The number of rotatable bonds is 9. The molecule has 0 bridgehead atoms. The topological polar surface area (TPSA) is 178 Å². The highest BCUT2D eigenvalue weighted by Gasteiger charge is 2.70. The summed E-state index contributed by atoms with van der Waals surface area (Å²) in [7, 11) is 0. The Morgan fingerprint density at radius 2 is 1.95 bits per heavy atom. The number of aliphatic carboxylic acids is 1. The molecule has 16 heteroatoms. The van der Waals surface area contributed by atoms with Gasteiger partial charge in [0.15, 0.2) is 23.5 Å². The van der Waals surface area contributed by atoms with Gasteiger partial charge in [-0.25, -0.2) is 9.18 Å². The van der Waals surface area contributed by atoms with Gasteiger partial charge < -0.3 is 25.2 Å². The number of hydrogen-bond acceptors (Lipinski definition) is 8. The van der Waals surface area contributed by atoms with Crippen LogP contribution in [0.15, 0.2) is 30.3 Å². The Morgan fingerprint density at radius 1 is 1.25 bits per heavy atom. The zero-order valence-electron chi connectivity index (χ0n) is 23.0. The van der Waals surface area contributed by atoms with Crippen LogP contribution in [-0.4, -0.2) is 61.9 Å². The number of carboxylic acid groups (broad SMARTS) is 1. The highest BCUT2D eigenvalue weighted by molar-refractivity contribution is 6.05. The number of aromatic nitrogens is 2. The first-order valence-electron chi connectivity index (χ1n) is 13.1. The van der Waals surface area contributed by atoms with Gasteiger partial charge in [0.1, 0.15) is 30.1 Å². The van der Waals surface area contributed by atoms with Crippen molar-refractivity contribution in [2.24, 2.45) is 11.7 Å². The molecule has 1 aromatic heterocycles. The molecule has 2 aliphatic rings. The van der Waals surface area contributed by atoms with Gasteiger partial charge in [-0.15, -0.1) is 13.2 Å². The fourth-order valence-corrected chi connectivity index (χ4v) is 5.96. The Labute approximate surface area is 245 Å². The smallest absolute Gasteiger partial charge is 0.480 e. The van der Waals surface area contributed by atoms with E-state index in [2.05, 4.69) is 9.84 Å². The second-order valence-electron chi connectivity index (χ2n) is 10.5. The maximum atomic E-state index is 15.3. The summed E-state index contributed by atoms with van der Waals surface area (Å²) in [6.45, 7) is 2.09. The molecule has 2 heterocycles. The number of likely N-dealkylation sites (tertiary alicyclic amines) is 1. The van der Waals surface area contributed by atoms with E-state index < -0.39 is 82.8 Å². The highest BCUT2D eigenvalue weighted by Crippen LogP contribution is 2.66. The number of benzene rings is 2. The number of hydrogen-bond donors (Lipinski definition) is 2. The lowest BCUT2D eigenvalue weighted by Gasteiger charge is -2.34. The van der Waals surface area contributed by atoms with E-state index in [1.807, 2.05) is 6.07 Å². The molecule has 0 radical (unpaired) electrons. The maximum Gasteiger partial charge on any atom is 0.573 e. The number of nitrogens with zero attached hydrogens (tertiary/aromatic N) is 4. The maximum absolute atomic E-state index is 15.3. The largest absolute Gasteiger partial charge is 0.573 e. The van der Waals surface area contributed by atoms with E-state index in [9.17, 15) is 37.5 Å². The minimum Gasteiger partial charge on any atom is -0.480 e. The number of amides is 2. The van der Waals surface area contributed by atoms with Crippen molar-refractivity contribution in [1.82, 2.24) is 14.7 Å². The van der Waals surface area contributed by atoms with Crippen molar-refractivity contribution in [3.8, 4) is 17.6 Å². The predicted molar refractivity (Wildman–Crippen MR) is 140 cm³/mol. The number of alkyl halides is 3. The lowest BCUT2D eigenvalue weighted by atomic mass is 9.98. The molecule has 1 aliphatic carbocycles. The second kappa shape index (κ2) is 10.5. The average molecular weight is 618 g/mol. The number of nitrogens with two attached hydrogens (primary N) is 1. The van der Waals surface area contributed by atoms with Crippen molar-refractivity contribution in [2.45, 2.75) is 57.3 Å². The van der Waals surface area contributed by atoms with Gasteiger partial charge in [-0.2, -0.15) is 10.4 Å². The molecule has 4 atom stereocenters. The molecule has 1 saturated heterocycles. The molecule has 3 aromatic rings. The van der Waals surface area contributed by atoms with Crippen molar-refractivity contribution < 1.29 is 51.3 Å². The SMILES string of the molecule is CC(=O)c1nn(CC(=O)N2[C@H](C(=O)O)C[C@H]3C[C@@]32c2ccc(C(N)=O)c(F)c2OC(F)(F)F)c2ccc(OC(C)C#N)cc12. The summed E-state index contributed by atoms with van der Waals surface area (Å²) in [5.74, 6) is -7.71. The van der Waals surface area contributed by atoms with Crippen molar-refractivity contribution in [3.63, 3.8) is 0 Å². The van der Waals surface area contributed by atoms with E-state index in [0.717, 1.165) is 21.7 Å². The molecule has 12 nitrogen and oxygen atoms in total. The Balaban J connectivity index is 1.59. The van der Waals surface area contributed by atoms with Crippen LogP contribution in [0.25, 0.3) is 10.9 Å². The Morgan fingerprint density at radius 3 is 2.55 bits per heavy atom. The van der Waals surface area contributed by atoms with E-state index in [4.69, 9.17) is 15.7 Å². The third-order valence-corrected chi connectivity index (χ3v) is 7.76. The summed E-state index contributed by atoms with van der Waals surface area (Å²) < 4.78 is 66.0. The van der Waals surface area contributed by atoms with Crippen molar-refractivity contribution >= 4 is 34.5 Å². The highest BCUT2D eigenvalue weighted by atomic mass is 19.4. The van der Waals surface area contributed by atoms with Gasteiger partial charge in [0, 0.05) is 17.9 Å². The van der Waals surface area contributed by atoms with Crippen LogP contribution < -0.4 is 15.2 Å². The van der Waals surface area contributed by atoms with Crippen LogP contribution in [0.2, 0.25) is 0 Å². The van der Waals surface area contributed by atoms with E-state index in [1.54, 1.807) is 0 Å². The molecule has 230 valence electrons. The third-order valence-electron chi connectivity index (χ3n) is 7.76. The Kier molecular flexibility index (Phi) is 7.23. The number of Topliss-reactive ketones (excluding diaryl/α,β-unsaturated/α-hetero) is 1. The lowest BCUT2D eigenvalue weighted by molar-refractivity contribution is -0.276. The van der Waals surface area contributed by atoms with Crippen molar-refractivity contribution in [2.75, 3.05) is 0 Å². The van der Waals surface area contributed by atoms with Gasteiger partial charge in [0.05, 0.1) is 16.6 Å². The molecule has 2 amide bonds. The standard InChI is InChI=1S/C28H23F4N5O7/c1-12(10-33)43-15-3-6-19-17(8-15)23(13(2)38)35-36(19)11-21(39)37-20(26(41)42)7-14-9-27(14,37)18-5-4-16(25(34)40)22(29)24(18)44-28(30,31)32/h3-6,8,12,14,20H,7,9,11H2,1-2H3,(H2,34,40)(H,41,42)/t12?,14-,20-,27-/m0/s1. The number of fused-ring (bicyclic) bond motifs is 2. The fourth-order valence-electron chi connectivity index (χ4n) is 5.96. The van der Waals surface area contributed by atoms with E-state index in [0.29, 0.717) is 0 Å². The number of primary amides is 1. The van der Waals surface area contributed by atoms with Crippen molar-refractivity contribution in [3.05, 3.63) is 53.0 Å². The number of ether oxygens (including phenoxy) is 2. The van der Waals surface area contributed by atoms with Crippen LogP contribution >= 0.6 is 0 Å². The van der Waals surface area contributed by atoms with Crippen LogP contribution in [0, 0.1) is 23.1 Å². The summed E-state index contributed by atoms with van der Waals surface area (Å²) in [5.41, 5.74) is 2.26. The van der Waals surface area contributed by atoms with Crippen molar-refractivity contribution in [1.29, 1.82) is 5.26 Å². The molecule has 1 saturated carbocycles. The summed E-state index contributed by atoms with van der Waals surface area (Å²) in [4.78, 5) is 51.1. The molecule has 44 heavy (non-hydrogen) atoms. The van der Waals surface area contributed by atoms with Crippen LogP contribution in [0.1, 0.15) is 53.1 Å². The molecule has 2 fully saturated rings. The van der Waals surface area contributed by atoms with E-state index >= 15 is 4.39 Å². The number of carbonyl (C=O) groups excluding carboxylic acids is 3. The number of carboxylic acids is 1. The van der Waals surface area contributed by atoms with Gasteiger partial charge in [0.25, 0.3) is 5.91 Å². The summed E-state index contributed by atoms with van der Waals surface area (Å²) >= 11 is 0. The van der Waals surface area contributed by atoms with E-state index in [-0.39, 0.29) is 35.2 Å². The van der Waals surface area contributed by atoms with Crippen LogP contribution in [0.5, 0.6) is 11.5 Å². The zero-order valence-corrected chi connectivity index (χ0v) is 23.0. The minimum absolute atomic E-state index is 0.0115. The molecular weight excluding hydrogens is 594 g/mol. The minimum atomic E-state index is -5.41. The van der Waals surface area contributed by atoms with Gasteiger partial charge in [0.2, 0.25) is 5.91 Å². The quantitative estimate of drug-likeness (QED) is 0.269. The van der Waals surface area contributed by atoms with Gasteiger partial charge >= 0.3 is 12.3 Å². The number of carbonyl (C=O) groups is 4. The number of nitriles is 1. The molecule has 3 N–H and O–H groups in total. The van der Waals surface area contributed by atoms with Crippen LogP contribution in [0.3, 0.4) is 0 Å². The first-order valence-corrected chi connectivity index (χ1v) is 13.1. The summed E-state index contributed by atoms with van der Waals surface area (Å²) in [6, 6.07) is 6.62. The molecule has 1 aliphatic heterocycles. The average Bonchev–Trinajstić information content (AvgIpc) is 3.36. The van der Waals surface area contributed by atoms with Gasteiger partial charge in [-0.1, -0.05) is 6.07 Å². The van der Waals surface area contributed by atoms with Crippen LogP contribution in [-0.2, 0) is 21.7 Å². The second-order valence-corrected chi connectivity index (χ2v) is 10.5. The molecule has 5 rings (SSSR count). The normalized spacial score (nSPS) is 21.3. The van der Waals surface area contributed by atoms with Gasteiger partial charge in [-0.05, 0) is 49.9 Å². The molecular formula is C28H23F4N5O7. The zero-order chi connectivity index (χ0) is 32.3. The third kappa shape index (κ3) is 5.03. The monoisotopic (exact) mass is 617 g/mol. The molecule has 2 aromatic carbocycles. The van der Waals surface area contributed by atoms with E-state index in [1.165, 1.54) is 32.0 Å². The molecule has 0 spiro atoms. The predicted octanol–water partition coefficient (Wildman–Crippen LogP) is 3.27. The number of piperidine rings is 1. The lowest BCUT2D eigenvalue weighted by Crippen LogP contribution is -2.49. The summed E-state index contributed by atoms with van der Waals surface area (Å²) in [5, 5.41) is 23.5. The first kappa shape index (κ1) is 30.3. The number of ketones is 1. The Hall–Kier alpha value is -5.20. The Bertz CT molecular complexity index is 1780. The molecule has 1 unspecified atom stereocenters. The number of halogens is 4. The van der Waals surface area contributed by atoms with Gasteiger partial charge in [-0.3, -0.25) is 19.1 Å².